The number of piperidine rings is 1. The van der Waals surface area contributed by atoms with E-state index in [0.29, 0.717) is 5.41 Å². The average molecular weight is 325 g/mol. The first-order valence-corrected chi connectivity index (χ1v) is 8.05. The fraction of sp³-hybridized carbons (Fsp3) is 0.625. The zero-order valence-electron chi connectivity index (χ0n) is 12.3. The molecule has 0 bridgehead atoms. The van der Waals surface area contributed by atoms with E-state index in [1.807, 2.05) is 0 Å². The summed E-state index contributed by atoms with van der Waals surface area (Å²) in [5.74, 6) is 0. The van der Waals surface area contributed by atoms with Gasteiger partial charge < -0.3 is 10.2 Å². The van der Waals surface area contributed by atoms with Gasteiger partial charge in [0, 0.05) is 29.8 Å². The summed E-state index contributed by atoms with van der Waals surface area (Å²) in [6.07, 6.45) is 2.63. The molecule has 1 aliphatic heterocycles. The topological polar surface area (TPSA) is 15.3 Å². The maximum Gasteiger partial charge on any atom is 0.0377 e. The quantitative estimate of drug-likeness (QED) is 0.893. The molecule has 0 spiro atoms. The van der Waals surface area contributed by atoms with Crippen molar-refractivity contribution in [2.45, 2.75) is 40.2 Å². The van der Waals surface area contributed by atoms with E-state index in [0.717, 1.165) is 19.6 Å². The lowest BCUT2D eigenvalue weighted by Crippen LogP contribution is -2.40. The Labute approximate surface area is 125 Å². The van der Waals surface area contributed by atoms with Crippen molar-refractivity contribution in [2.24, 2.45) is 5.41 Å². The first-order valence-electron chi connectivity index (χ1n) is 7.26. The van der Waals surface area contributed by atoms with Crippen molar-refractivity contribution in [3.05, 3.63) is 28.2 Å². The van der Waals surface area contributed by atoms with Crippen LogP contribution in [0.4, 0.5) is 5.69 Å². The van der Waals surface area contributed by atoms with E-state index in [1.54, 1.807) is 0 Å². The lowest BCUT2D eigenvalue weighted by Gasteiger charge is -2.39. The maximum atomic E-state index is 3.71. The first-order chi connectivity index (χ1) is 9.02. The molecule has 1 fully saturated rings. The fourth-order valence-electron chi connectivity index (χ4n) is 2.78. The van der Waals surface area contributed by atoms with Gasteiger partial charge in [-0.05, 0) is 42.5 Å². The smallest absolute Gasteiger partial charge is 0.0377 e. The average Bonchev–Trinajstić information content (AvgIpc) is 2.36. The predicted molar refractivity (Wildman–Crippen MR) is 86.8 cm³/mol. The normalized spacial score (nSPS) is 18.6. The summed E-state index contributed by atoms with van der Waals surface area (Å²) in [5.41, 5.74) is 3.12. The van der Waals surface area contributed by atoms with Gasteiger partial charge in [-0.25, -0.2) is 0 Å². The molecule has 1 heterocycles. The summed E-state index contributed by atoms with van der Waals surface area (Å²) in [7, 11) is 0. The van der Waals surface area contributed by atoms with Crippen LogP contribution in [0.2, 0.25) is 0 Å². The number of anilines is 1. The molecular formula is C16H25BrN2. The third-order valence-electron chi connectivity index (χ3n) is 3.87. The van der Waals surface area contributed by atoms with Crippen LogP contribution in [0.5, 0.6) is 0 Å². The summed E-state index contributed by atoms with van der Waals surface area (Å²) in [4.78, 5) is 2.52. The Morgan fingerprint density at radius 2 is 2.16 bits per heavy atom. The first kappa shape index (κ1) is 14.9. The number of hydrogen-bond donors (Lipinski definition) is 1. The van der Waals surface area contributed by atoms with Crippen molar-refractivity contribution in [3.8, 4) is 0 Å². The molecule has 0 aliphatic carbocycles. The molecule has 1 saturated heterocycles. The van der Waals surface area contributed by atoms with Crippen LogP contribution in [0.3, 0.4) is 0 Å². The van der Waals surface area contributed by atoms with Gasteiger partial charge in [-0.15, -0.1) is 0 Å². The predicted octanol–water partition coefficient (Wildman–Crippen LogP) is 4.19. The summed E-state index contributed by atoms with van der Waals surface area (Å²) in [6.45, 7) is 11.2. The Morgan fingerprint density at radius 3 is 2.79 bits per heavy atom. The number of rotatable bonds is 4. The number of halogens is 1. The van der Waals surface area contributed by atoms with Gasteiger partial charge in [0.15, 0.2) is 0 Å². The molecule has 0 aromatic heterocycles. The third kappa shape index (κ3) is 3.96. The van der Waals surface area contributed by atoms with Crippen molar-refractivity contribution in [1.82, 2.24) is 5.32 Å². The van der Waals surface area contributed by atoms with Crippen LogP contribution in [0.1, 0.15) is 39.2 Å². The van der Waals surface area contributed by atoms with Crippen LogP contribution in [-0.4, -0.2) is 19.6 Å². The van der Waals surface area contributed by atoms with E-state index in [-0.39, 0.29) is 0 Å². The number of nitrogens with zero attached hydrogens (tertiary/aromatic N) is 1. The zero-order chi connectivity index (χ0) is 13.9. The summed E-state index contributed by atoms with van der Waals surface area (Å²) >= 11 is 3.71. The Morgan fingerprint density at radius 1 is 1.37 bits per heavy atom. The van der Waals surface area contributed by atoms with E-state index >= 15 is 0 Å². The van der Waals surface area contributed by atoms with Gasteiger partial charge in [0.1, 0.15) is 0 Å². The minimum Gasteiger partial charge on any atom is -0.371 e. The molecule has 2 rings (SSSR count). The number of hydrogen-bond acceptors (Lipinski definition) is 2. The van der Waals surface area contributed by atoms with Crippen LogP contribution in [0, 0.1) is 5.41 Å². The SMILES string of the molecule is CCNCc1ccc(N2CCCC(C)(C)C2)cc1Br. The highest BCUT2D eigenvalue weighted by Crippen LogP contribution is 2.33. The van der Waals surface area contributed by atoms with Crippen LogP contribution >= 0.6 is 15.9 Å². The van der Waals surface area contributed by atoms with Crippen LogP contribution in [0.25, 0.3) is 0 Å². The Bertz CT molecular complexity index is 429. The van der Waals surface area contributed by atoms with E-state index in [2.05, 4.69) is 65.1 Å². The Balaban J connectivity index is 2.10. The third-order valence-corrected chi connectivity index (χ3v) is 4.61. The maximum absolute atomic E-state index is 3.71. The van der Waals surface area contributed by atoms with Crippen molar-refractivity contribution in [2.75, 3.05) is 24.5 Å². The number of nitrogens with one attached hydrogen (secondary N) is 1. The molecule has 0 saturated carbocycles. The van der Waals surface area contributed by atoms with Crippen LogP contribution in [0.15, 0.2) is 22.7 Å². The molecule has 19 heavy (non-hydrogen) atoms. The second-order valence-corrected chi connectivity index (χ2v) is 7.10. The fourth-order valence-corrected chi connectivity index (χ4v) is 3.29. The van der Waals surface area contributed by atoms with Crippen LogP contribution < -0.4 is 10.2 Å². The molecule has 0 unspecified atom stereocenters. The minimum atomic E-state index is 0.438. The standard InChI is InChI=1S/C16H25BrN2/c1-4-18-11-13-6-7-14(10-15(13)17)19-9-5-8-16(2,3)12-19/h6-7,10,18H,4-5,8-9,11-12H2,1-3H3. The van der Waals surface area contributed by atoms with Gasteiger partial charge in [-0.2, -0.15) is 0 Å². The Hall–Kier alpha value is -0.540. The van der Waals surface area contributed by atoms with E-state index in [4.69, 9.17) is 0 Å². The monoisotopic (exact) mass is 324 g/mol. The summed E-state index contributed by atoms with van der Waals surface area (Å²) < 4.78 is 1.22. The molecule has 3 heteroatoms. The highest BCUT2D eigenvalue weighted by molar-refractivity contribution is 9.10. The molecule has 1 aromatic carbocycles. The van der Waals surface area contributed by atoms with Crippen molar-refractivity contribution < 1.29 is 0 Å². The van der Waals surface area contributed by atoms with Gasteiger partial charge in [-0.3, -0.25) is 0 Å². The zero-order valence-corrected chi connectivity index (χ0v) is 13.9. The Kier molecular flexibility index (Phi) is 4.91. The van der Waals surface area contributed by atoms with Crippen molar-refractivity contribution in [1.29, 1.82) is 0 Å². The second kappa shape index (κ2) is 6.27. The van der Waals surface area contributed by atoms with Crippen LogP contribution in [-0.2, 0) is 6.54 Å². The molecular weight excluding hydrogens is 300 g/mol. The molecule has 1 aliphatic rings. The van der Waals surface area contributed by atoms with Gasteiger partial charge in [0.05, 0.1) is 0 Å². The number of benzene rings is 1. The highest BCUT2D eigenvalue weighted by Gasteiger charge is 2.26. The lowest BCUT2D eigenvalue weighted by atomic mass is 9.84. The molecule has 0 radical (unpaired) electrons. The summed E-state index contributed by atoms with van der Waals surface area (Å²) in [6, 6.07) is 6.77. The molecule has 1 N–H and O–H groups in total. The lowest BCUT2D eigenvalue weighted by molar-refractivity contribution is 0.293. The molecule has 2 nitrogen and oxygen atoms in total. The second-order valence-electron chi connectivity index (χ2n) is 6.25. The molecule has 1 aromatic rings. The van der Waals surface area contributed by atoms with Gasteiger partial charge in [0.25, 0.3) is 0 Å². The van der Waals surface area contributed by atoms with Gasteiger partial charge in [-0.1, -0.05) is 42.8 Å². The molecule has 0 atom stereocenters. The van der Waals surface area contributed by atoms with E-state index in [9.17, 15) is 0 Å². The van der Waals surface area contributed by atoms with E-state index in [1.165, 1.54) is 35.1 Å². The van der Waals surface area contributed by atoms with Crippen molar-refractivity contribution >= 4 is 21.6 Å². The van der Waals surface area contributed by atoms with Gasteiger partial charge >= 0.3 is 0 Å². The minimum absolute atomic E-state index is 0.438. The van der Waals surface area contributed by atoms with Crippen molar-refractivity contribution in [3.63, 3.8) is 0 Å². The summed E-state index contributed by atoms with van der Waals surface area (Å²) in [5, 5.41) is 3.37. The largest absolute Gasteiger partial charge is 0.371 e. The van der Waals surface area contributed by atoms with Gasteiger partial charge in [0.2, 0.25) is 0 Å². The highest BCUT2D eigenvalue weighted by atomic mass is 79.9. The van der Waals surface area contributed by atoms with E-state index < -0.39 is 0 Å². The molecule has 0 amide bonds. The molecule has 106 valence electrons.